The minimum absolute atomic E-state index is 0.222. The first-order chi connectivity index (χ1) is 12.2. The minimum atomic E-state index is 0.222. The second-order valence-electron chi connectivity index (χ2n) is 6.39. The molecule has 0 unspecified atom stereocenters. The van der Waals surface area contributed by atoms with E-state index < -0.39 is 0 Å². The van der Waals surface area contributed by atoms with Gasteiger partial charge in [0.1, 0.15) is 5.82 Å². The van der Waals surface area contributed by atoms with Crippen LogP contribution in [0.5, 0.6) is 0 Å². The maximum absolute atomic E-state index is 12.8. The second kappa shape index (κ2) is 8.98. The van der Waals surface area contributed by atoms with Gasteiger partial charge in [-0.05, 0) is 29.7 Å². The lowest BCUT2D eigenvalue weighted by molar-refractivity contribution is -0.135. The average Bonchev–Trinajstić information content (AvgIpc) is 3.29. The first-order valence-electron chi connectivity index (χ1n) is 8.87. The van der Waals surface area contributed by atoms with Gasteiger partial charge in [-0.3, -0.25) is 4.79 Å². The lowest BCUT2D eigenvalue weighted by Gasteiger charge is -2.34. The Morgan fingerprint density at radius 1 is 1.40 bits per heavy atom. The molecule has 2 heterocycles. The Hall–Kier alpha value is -1.90. The van der Waals surface area contributed by atoms with Crippen molar-refractivity contribution in [3.63, 3.8) is 0 Å². The molecular weight excluding hydrogens is 338 g/mol. The van der Waals surface area contributed by atoms with Crippen LogP contribution in [0.15, 0.2) is 17.6 Å². The van der Waals surface area contributed by atoms with E-state index in [1.54, 1.807) is 22.6 Å². The summed E-state index contributed by atoms with van der Waals surface area (Å²) in [6, 6.07) is 0.349. The summed E-state index contributed by atoms with van der Waals surface area (Å²) >= 11 is 1.59. The Morgan fingerprint density at radius 3 is 2.92 bits per heavy atom. The molecule has 1 amide bonds. The first-order valence-corrected chi connectivity index (χ1v) is 9.85. The van der Waals surface area contributed by atoms with Crippen molar-refractivity contribution in [3.05, 3.63) is 18.2 Å². The number of hydrogen-bond donors (Lipinski definition) is 1. The van der Waals surface area contributed by atoms with Crippen LogP contribution in [0, 0.1) is 0 Å². The van der Waals surface area contributed by atoms with Gasteiger partial charge in [-0.1, -0.05) is 31.0 Å². The van der Waals surface area contributed by atoms with Crippen molar-refractivity contribution in [2.45, 2.75) is 62.7 Å². The predicted molar refractivity (Wildman–Crippen MR) is 94.8 cm³/mol. The van der Waals surface area contributed by atoms with Crippen molar-refractivity contribution in [1.82, 2.24) is 35.1 Å². The number of nitrogens with one attached hydrogen (secondary N) is 1. The highest BCUT2D eigenvalue weighted by Crippen LogP contribution is 2.25. The highest BCUT2D eigenvalue weighted by Gasteiger charge is 2.25. The van der Waals surface area contributed by atoms with Crippen molar-refractivity contribution in [2.75, 3.05) is 5.75 Å². The van der Waals surface area contributed by atoms with E-state index in [-0.39, 0.29) is 5.91 Å². The summed E-state index contributed by atoms with van der Waals surface area (Å²) in [5.74, 6) is 1.91. The van der Waals surface area contributed by atoms with Crippen molar-refractivity contribution in [1.29, 1.82) is 0 Å². The third-order valence-electron chi connectivity index (χ3n) is 4.56. The van der Waals surface area contributed by atoms with Gasteiger partial charge in [0.15, 0.2) is 0 Å². The van der Waals surface area contributed by atoms with Crippen molar-refractivity contribution >= 4 is 17.7 Å². The van der Waals surface area contributed by atoms with E-state index in [1.165, 1.54) is 19.3 Å². The van der Waals surface area contributed by atoms with Crippen LogP contribution in [0.4, 0.5) is 0 Å². The standard InChI is InChI=1S/C16H25N7OS/c1-22-16(19-20-21-22)25-11-5-8-15(24)23(12-14-17-9-10-18-14)13-6-3-2-4-7-13/h9-10,13H,2-8,11-12H2,1H3,(H,17,18). The number of amides is 1. The monoisotopic (exact) mass is 363 g/mol. The Balaban J connectivity index is 1.51. The van der Waals surface area contributed by atoms with Gasteiger partial charge < -0.3 is 9.88 Å². The van der Waals surface area contributed by atoms with Crippen LogP contribution in [0.25, 0.3) is 0 Å². The van der Waals surface area contributed by atoms with E-state index in [0.717, 1.165) is 36.0 Å². The van der Waals surface area contributed by atoms with Crippen LogP contribution < -0.4 is 0 Å². The Labute approximate surface area is 151 Å². The lowest BCUT2D eigenvalue weighted by atomic mass is 9.94. The zero-order chi connectivity index (χ0) is 17.5. The summed E-state index contributed by atoms with van der Waals surface area (Å²) < 4.78 is 1.65. The predicted octanol–water partition coefficient (Wildman–Crippen LogP) is 2.17. The summed E-state index contributed by atoms with van der Waals surface area (Å²) in [6.45, 7) is 0.580. The highest BCUT2D eigenvalue weighted by molar-refractivity contribution is 7.99. The SMILES string of the molecule is Cn1nnnc1SCCCC(=O)N(Cc1ncc[nH]1)C1CCCCC1. The van der Waals surface area contributed by atoms with Gasteiger partial charge in [-0.15, -0.1) is 5.10 Å². The zero-order valence-corrected chi connectivity index (χ0v) is 15.4. The van der Waals surface area contributed by atoms with E-state index in [1.807, 2.05) is 18.1 Å². The fraction of sp³-hybridized carbons (Fsp3) is 0.688. The number of nitrogens with zero attached hydrogens (tertiary/aromatic N) is 6. The molecule has 1 fully saturated rings. The number of carbonyl (C=O) groups is 1. The van der Waals surface area contributed by atoms with E-state index in [9.17, 15) is 4.79 Å². The van der Waals surface area contributed by atoms with Crippen LogP contribution in [0.2, 0.25) is 0 Å². The lowest BCUT2D eigenvalue weighted by Crippen LogP contribution is -2.41. The van der Waals surface area contributed by atoms with E-state index >= 15 is 0 Å². The molecule has 3 rings (SSSR count). The van der Waals surface area contributed by atoms with Gasteiger partial charge >= 0.3 is 0 Å². The smallest absolute Gasteiger partial charge is 0.223 e. The molecule has 0 aliphatic heterocycles. The quantitative estimate of drug-likeness (QED) is 0.571. The molecule has 0 saturated heterocycles. The van der Waals surface area contributed by atoms with Gasteiger partial charge in [0.05, 0.1) is 6.54 Å². The van der Waals surface area contributed by atoms with E-state index in [0.29, 0.717) is 19.0 Å². The van der Waals surface area contributed by atoms with Gasteiger partial charge in [-0.25, -0.2) is 9.67 Å². The summed E-state index contributed by atoms with van der Waals surface area (Å²) in [4.78, 5) is 22.3. The molecule has 0 radical (unpaired) electrons. The topological polar surface area (TPSA) is 92.6 Å². The Morgan fingerprint density at radius 2 is 2.24 bits per heavy atom. The molecule has 25 heavy (non-hydrogen) atoms. The molecule has 2 aromatic heterocycles. The molecule has 0 atom stereocenters. The fourth-order valence-corrected chi connectivity index (χ4v) is 4.02. The van der Waals surface area contributed by atoms with Gasteiger partial charge in [0.2, 0.25) is 11.1 Å². The normalized spacial score (nSPS) is 15.4. The molecule has 1 saturated carbocycles. The number of rotatable bonds is 8. The summed E-state index contributed by atoms with van der Waals surface area (Å²) in [5.41, 5.74) is 0. The number of aryl methyl sites for hydroxylation is 1. The number of carbonyl (C=O) groups excluding carboxylic acids is 1. The molecule has 1 aliphatic carbocycles. The Bertz CT molecular complexity index is 651. The van der Waals surface area contributed by atoms with E-state index in [2.05, 4.69) is 25.5 Å². The van der Waals surface area contributed by atoms with Gasteiger partial charge in [-0.2, -0.15) is 0 Å². The van der Waals surface area contributed by atoms with E-state index in [4.69, 9.17) is 0 Å². The number of imidazole rings is 1. The van der Waals surface area contributed by atoms with Crippen LogP contribution in [-0.2, 0) is 18.4 Å². The Kier molecular flexibility index (Phi) is 6.43. The summed E-state index contributed by atoms with van der Waals surface area (Å²) in [6.07, 6.45) is 10.8. The molecule has 2 aromatic rings. The number of tetrazole rings is 1. The number of thioether (sulfide) groups is 1. The van der Waals surface area contributed by atoms with Gasteiger partial charge in [0.25, 0.3) is 0 Å². The number of H-pyrrole nitrogens is 1. The molecule has 0 spiro atoms. The largest absolute Gasteiger partial charge is 0.347 e. The van der Waals surface area contributed by atoms with Crippen molar-refractivity contribution in [2.24, 2.45) is 7.05 Å². The molecule has 9 heteroatoms. The first kappa shape index (κ1) is 17.9. The summed E-state index contributed by atoms with van der Waals surface area (Å²) in [5, 5.41) is 12.2. The van der Waals surface area contributed by atoms with Crippen LogP contribution in [0.1, 0.15) is 50.8 Å². The molecule has 0 aromatic carbocycles. The third-order valence-corrected chi connectivity index (χ3v) is 5.66. The summed E-state index contributed by atoms with van der Waals surface area (Å²) in [7, 11) is 1.82. The molecule has 1 aliphatic rings. The average molecular weight is 363 g/mol. The third kappa shape index (κ3) is 5.04. The van der Waals surface area contributed by atoms with Crippen LogP contribution in [0.3, 0.4) is 0 Å². The zero-order valence-electron chi connectivity index (χ0n) is 14.6. The van der Waals surface area contributed by atoms with Crippen LogP contribution >= 0.6 is 11.8 Å². The van der Waals surface area contributed by atoms with Gasteiger partial charge in [0, 0.05) is 37.7 Å². The molecule has 1 N–H and O–H groups in total. The number of hydrogen-bond acceptors (Lipinski definition) is 6. The van der Waals surface area contributed by atoms with Crippen molar-refractivity contribution < 1.29 is 4.79 Å². The van der Waals surface area contributed by atoms with Crippen molar-refractivity contribution in [3.8, 4) is 0 Å². The second-order valence-corrected chi connectivity index (χ2v) is 7.45. The number of aromatic amines is 1. The fourth-order valence-electron chi connectivity index (χ4n) is 3.23. The minimum Gasteiger partial charge on any atom is -0.347 e. The number of aromatic nitrogens is 6. The highest BCUT2D eigenvalue weighted by atomic mass is 32.2. The maximum atomic E-state index is 12.8. The maximum Gasteiger partial charge on any atom is 0.223 e. The molecule has 8 nitrogen and oxygen atoms in total. The van der Waals surface area contributed by atoms with Crippen LogP contribution in [-0.4, -0.2) is 52.8 Å². The molecular formula is C16H25N7OS. The molecule has 0 bridgehead atoms. The molecule has 136 valence electrons.